The van der Waals surface area contributed by atoms with Crippen molar-refractivity contribution in [2.24, 2.45) is 9.98 Å². The molecule has 14 heterocycles. The molecule has 8 N–H and O–H groups in total. The van der Waals surface area contributed by atoms with E-state index in [1.54, 1.807) is 131 Å². The second-order valence-corrected chi connectivity index (χ2v) is 53.4. The van der Waals surface area contributed by atoms with E-state index in [1.807, 2.05) is 86.0 Å². The van der Waals surface area contributed by atoms with E-state index < -0.39 is 124 Å². The average molecular weight is 2420 g/mol. The molecule has 0 amide bonds. The molecule has 6 aliphatic rings. The number of phosphoric ester groups is 2. The van der Waals surface area contributed by atoms with Crippen LogP contribution < -0.4 is 49.9 Å². The number of aliphatic imine (C=N–C) groups is 2. The van der Waals surface area contributed by atoms with Crippen LogP contribution >= 0.6 is 171 Å². The number of phosphoric acid groups is 6. The lowest BCUT2D eigenvalue weighted by atomic mass is 10.2. The highest BCUT2D eigenvalue weighted by molar-refractivity contribution is 8.77. The van der Waals surface area contributed by atoms with Crippen LogP contribution in [0.5, 0.6) is 11.5 Å². The summed E-state index contributed by atoms with van der Waals surface area (Å²) in [5, 5.41) is 19.4. The fraction of sp³-hybridized carbons (Fsp3) is 0.500. The first-order valence-corrected chi connectivity index (χ1v) is 65.7. The molecule has 2 aromatic carbocycles. The van der Waals surface area contributed by atoms with E-state index in [-0.39, 0.29) is 96.3 Å². The molecular weight excluding hydrogens is 2320 g/mol. The summed E-state index contributed by atoms with van der Waals surface area (Å²) in [6, 6.07) is 13.7. The van der Waals surface area contributed by atoms with Gasteiger partial charge in [-0.25, -0.2) is 96.6 Å². The fourth-order valence-corrected chi connectivity index (χ4v) is 27.3. The van der Waals surface area contributed by atoms with Gasteiger partial charge in [0.25, 0.3) is 46.9 Å². The van der Waals surface area contributed by atoms with Gasteiger partial charge in [-0.3, -0.25) is 45.7 Å². The SMILES string of the molecule is CSS[C@@H](C)OC1C[C@H](n2cnc3c(N)ncnc32)O[C@@H]1COP(=O)([O-])OP(=O)([O-])OP(=O)([O-])O.CSS[C@@H](C)OC1C[C@H](n2cnc3c(N=CN(C)C)ncnc32)O[C@@H]1CO.CSS[C@H](C)OC1C[C@H](n2cnc3c(N)ncnc32)O[C@@H]1COP(=O)([O-])OP(=O)([O-])OP(=O)([O-])O.CSS[C@H](C)OC1C[C@H](n2cnc3c(N=CN(C)C)ncnc32)O[C@@H]1CO.O=C1OP(Cl)Oc2ccccc21.O=C1OP(Cl)Oc2ccccc21. The van der Waals surface area contributed by atoms with Gasteiger partial charge in [-0.2, -0.15) is 0 Å². The van der Waals surface area contributed by atoms with Crippen LogP contribution in [0.4, 0.5) is 23.3 Å². The molecule has 76 heteroatoms. The molecule has 12 unspecified atom stereocenters. The van der Waals surface area contributed by atoms with Crippen LogP contribution in [-0.4, -0.2) is 283 Å². The zero-order chi connectivity index (χ0) is 108. The summed E-state index contributed by atoms with van der Waals surface area (Å²) in [6.07, 6.45) is 17.3. The summed E-state index contributed by atoms with van der Waals surface area (Å²) in [5.41, 5.74) is 15.6. The number of hydrogen-bond acceptors (Lipinski definition) is 58. The van der Waals surface area contributed by atoms with Crippen molar-refractivity contribution in [2.45, 2.75) is 149 Å². The number of fused-ring (bicyclic) bond motifs is 6. The molecule has 10 aromatic rings. The topological polar surface area (TPSA) is 780 Å². The van der Waals surface area contributed by atoms with Gasteiger partial charge in [0.15, 0.2) is 56.9 Å². The summed E-state index contributed by atoms with van der Waals surface area (Å²) in [7, 11) is -18.5. The lowest BCUT2D eigenvalue weighted by molar-refractivity contribution is -0.254. The zero-order valence-corrected chi connectivity index (χ0v) is 94.0. The first-order valence-electron chi connectivity index (χ1n) is 42.2. The highest BCUT2D eigenvalue weighted by Gasteiger charge is 2.45. The maximum Gasteiger partial charge on any atom is 0.403 e. The third kappa shape index (κ3) is 36.2. The number of ether oxygens (including phenoxy) is 8. The summed E-state index contributed by atoms with van der Waals surface area (Å²) in [4.78, 5) is 170. The standard InChI is InChI=1S/2C16H24N6O3S2.2C13H22N5O12P3S2.2C7H4ClO3P/c2*1-10(27-26-4)24-11-5-13(25-12(11)6-23)22-9-19-14-15(20-8-21(2)3)17-7-18-16(14)22;2*1-7(35-34-2)27-8-3-10(18-6-17-11-12(14)15-5-16-13(11)18)28-9(8)4-26-32(22,23)30-33(24,25)29-31(19,20)21;2*8-12-10-6-4-2-1-3-5(6)7(9)11-12/h2*7-13,23H,5-6H2,1-4H3;2*5-10H,3-4H2,1-2H3,(H,22,23)(H,24,25)(H2,14,15,16)(H2,19,20,21);2*1-4H/p-6/t10-,11?,12+,13+;10-,11?,12-,13-;7-,8?,9+,10+;7-,8?,9-,10-;;/m0101../s1. The van der Waals surface area contributed by atoms with Crippen molar-refractivity contribution in [2.75, 3.05) is 91.1 Å². The molecule has 816 valence electrons. The van der Waals surface area contributed by atoms with Crippen LogP contribution in [0.25, 0.3) is 44.7 Å². The van der Waals surface area contributed by atoms with Crippen molar-refractivity contribution in [1.82, 2.24) is 87.9 Å². The number of aliphatic hydroxyl groups is 2. The lowest BCUT2D eigenvalue weighted by Gasteiger charge is -2.33. The Bertz CT molecular complexity index is 6110. The molecule has 0 aliphatic carbocycles. The number of carbonyl (C=O) groups is 2. The Balaban J connectivity index is 0.000000175. The number of rotatable bonds is 40. The monoisotopic (exact) mass is 2420 g/mol. The van der Waals surface area contributed by atoms with Gasteiger partial charge in [0.1, 0.15) is 130 Å². The number of carbonyl (C=O) groups excluding carboxylic acids is 2. The van der Waals surface area contributed by atoms with Gasteiger partial charge >= 0.3 is 27.4 Å². The first-order chi connectivity index (χ1) is 70.0. The molecule has 0 saturated carbocycles. The van der Waals surface area contributed by atoms with Gasteiger partial charge in [-0.15, -0.1) is 0 Å². The van der Waals surface area contributed by atoms with Crippen LogP contribution in [0.1, 0.15) is 99.0 Å². The minimum absolute atomic E-state index is 0.00947. The molecule has 0 bridgehead atoms. The number of imidazole rings is 4. The van der Waals surface area contributed by atoms with E-state index in [4.69, 9.17) is 90.7 Å². The predicted octanol–water partition coefficient (Wildman–Crippen LogP) is 9.31. The van der Waals surface area contributed by atoms with Gasteiger partial charge in [0, 0.05) is 53.9 Å². The molecule has 4 saturated heterocycles. The van der Waals surface area contributed by atoms with E-state index in [9.17, 15) is 76.6 Å². The van der Waals surface area contributed by atoms with Crippen LogP contribution in [0.2, 0.25) is 0 Å². The van der Waals surface area contributed by atoms with Gasteiger partial charge in [-0.1, -0.05) is 111 Å². The van der Waals surface area contributed by atoms with E-state index in [1.165, 1.54) is 90.3 Å². The van der Waals surface area contributed by atoms with Crippen molar-refractivity contribution in [3.8, 4) is 11.5 Å². The number of nitrogens with two attached hydrogens (primary N) is 2. The number of para-hydroxylation sites is 2. The van der Waals surface area contributed by atoms with E-state index in [0.717, 1.165) is 0 Å². The van der Waals surface area contributed by atoms with Crippen molar-refractivity contribution in [3.63, 3.8) is 0 Å². The van der Waals surface area contributed by atoms with E-state index >= 15 is 0 Å². The first kappa shape index (κ1) is 123. The lowest BCUT2D eigenvalue weighted by Crippen LogP contribution is -2.31. The van der Waals surface area contributed by atoms with Crippen LogP contribution in [0, 0.1) is 0 Å². The summed E-state index contributed by atoms with van der Waals surface area (Å²) in [6.45, 7) is 5.78. The number of halogens is 2. The van der Waals surface area contributed by atoms with Gasteiger partial charge in [0.05, 0.1) is 88.8 Å². The highest BCUT2D eigenvalue weighted by Crippen LogP contribution is 2.64. The van der Waals surface area contributed by atoms with Crippen molar-refractivity contribution in [3.05, 3.63) is 110 Å². The van der Waals surface area contributed by atoms with Crippen LogP contribution in [0.3, 0.4) is 0 Å². The molecule has 148 heavy (non-hydrogen) atoms. The number of benzene rings is 2. The van der Waals surface area contributed by atoms with Crippen molar-refractivity contribution in [1.29, 1.82) is 0 Å². The van der Waals surface area contributed by atoms with Gasteiger partial charge < -0.3 is 136 Å². The number of aliphatic hydroxyl groups excluding tert-OH is 2. The second-order valence-electron chi connectivity index (χ2n) is 30.5. The van der Waals surface area contributed by atoms with E-state index in [0.29, 0.717) is 91.8 Å². The molecule has 8 aromatic heterocycles. The Hall–Kier alpha value is -5.62. The molecular formula is C72H94Cl2N22O36P8S8-6. The summed E-state index contributed by atoms with van der Waals surface area (Å²) in [5.74, 6) is 1.44. The third-order valence-corrected chi connectivity index (χ3v) is 36.8. The fourth-order valence-electron chi connectivity index (χ4n) is 13.8. The number of aromatic nitrogens is 16. The normalized spacial score (nSPS) is 24.8. The minimum Gasteiger partial charge on any atom is -0.756 e. The number of anilines is 2. The number of nitrogens with zero attached hydrogens (tertiary/aromatic N) is 20. The Morgan fingerprint density at radius 2 is 0.723 bits per heavy atom. The molecule has 58 nitrogen and oxygen atoms in total. The maximum absolute atomic E-state index is 12.0. The zero-order valence-electron chi connectivity index (χ0n) is 78.8. The average Bonchev–Trinajstić information content (AvgIpc) is 1.64. The Morgan fingerprint density at radius 3 is 1.02 bits per heavy atom. The summed E-state index contributed by atoms with van der Waals surface area (Å²) >= 11 is 11.1. The third-order valence-electron chi connectivity index (χ3n) is 19.5. The maximum atomic E-state index is 12.0. The molecule has 16 rings (SSSR count). The van der Waals surface area contributed by atoms with E-state index in [2.05, 4.69) is 105 Å². The number of nitrogen functional groups attached to an aromatic ring is 2. The molecule has 0 spiro atoms. The summed E-state index contributed by atoms with van der Waals surface area (Å²) < 4.78 is 165. The predicted molar refractivity (Wildman–Crippen MR) is 541 cm³/mol. The molecule has 6 aliphatic heterocycles. The molecule has 0 radical (unpaired) electrons. The smallest absolute Gasteiger partial charge is 0.403 e. The van der Waals surface area contributed by atoms with Crippen molar-refractivity contribution < 1.29 is 169 Å². The minimum atomic E-state index is -6.02. The largest absolute Gasteiger partial charge is 0.756 e. The molecule has 4 fully saturated rings. The van der Waals surface area contributed by atoms with Gasteiger partial charge in [-0.05, 0) is 99.5 Å². The Labute approximate surface area is 885 Å². The number of hydrogen-bond donors (Lipinski definition) is 6. The highest BCUT2D eigenvalue weighted by atomic mass is 35.7. The quantitative estimate of drug-likeness (QED) is 0.00684. The van der Waals surface area contributed by atoms with Gasteiger partial charge in [0.2, 0.25) is 0 Å². The van der Waals surface area contributed by atoms with Crippen LogP contribution in [0.15, 0.2) is 109 Å². The van der Waals surface area contributed by atoms with Crippen molar-refractivity contribution >= 4 is 264 Å². The molecule has 24 atom stereocenters. The Morgan fingerprint density at radius 1 is 0.439 bits per heavy atom. The Kier molecular flexibility index (Phi) is 46.7. The second kappa shape index (κ2) is 56.3. The van der Waals surface area contributed by atoms with Crippen LogP contribution in [-0.2, 0) is 101 Å².